The molecule has 1 aliphatic rings. The Morgan fingerprint density at radius 3 is 3.04 bits per heavy atom. The van der Waals surface area contributed by atoms with Crippen molar-refractivity contribution >= 4 is 22.4 Å². The van der Waals surface area contributed by atoms with Crippen molar-refractivity contribution in [2.45, 2.75) is 39.8 Å². The average Bonchev–Trinajstić information content (AvgIpc) is 3.15. The zero-order valence-electron chi connectivity index (χ0n) is 14.1. The number of hydrogen-bond acceptors (Lipinski definition) is 4. The molecule has 3 heterocycles. The Bertz CT molecular complexity index is 923. The van der Waals surface area contributed by atoms with E-state index in [0.29, 0.717) is 6.54 Å². The molecule has 0 radical (unpaired) electrons. The highest BCUT2D eigenvalue weighted by atomic mass is 15.3. The molecule has 122 valence electrons. The van der Waals surface area contributed by atoms with Gasteiger partial charge in [0.05, 0.1) is 17.8 Å². The first kappa shape index (κ1) is 14.9. The van der Waals surface area contributed by atoms with E-state index in [1.54, 1.807) is 0 Å². The molecule has 0 atom stereocenters. The number of rotatable bonds is 4. The smallest absolute Gasteiger partial charge is 0.152 e. The van der Waals surface area contributed by atoms with Crippen molar-refractivity contribution in [3.8, 4) is 0 Å². The number of hydrogen-bond donors (Lipinski definition) is 1. The van der Waals surface area contributed by atoms with Crippen molar-refractivity contribution in [1.29, 1.82) is 0 Å². The monoisotopic (exact) mass is 319 g/mol. The molecule has 1 aromatic carbocycles. The summed E-state index contributed by atoms with van der Waals surface area (Å²) in [6.45, 7) is 5.94. The lowest BCUT2D eigenvalue weighted by molar-refractivity contribution is 0.584. The maximum Gasteiger partial charge on any atom is 0.152 e. The molecule has 0 amide bonds. The minimum atomic E-state index is 0.696. The van der Waals surface area contributed by atoms with E-state index in [1.807, 2.05) is 12.3 Å². The first-order valence-electron chi connectivity index (χ1n) is 8.49. The maximum atomic E-state index is 4.68. The Morgan fingerprint density at radius 1 is 1.25 bits per heavy atom. The predicted octanol–water partition coefficient (Wildman–Crippen LogP) is 3.91. The van der Waals surface area contributed by atoms with Gasteiger partial charge in [0.2, 0.25) is 0 Å². The van der Waals surface area contributed by atoms with E-state index in [0.717, 1.165) is 35.9 Å². The van der Waals surface area contributed by atoms with Crippen LogP contribution in [0.15, 0.2) is 41.5 Å². The molecule has 0 bridgehead atoms. The molecule has 5 nitrogen and oxygen atoms in total. The summed E-state index contributed by atoms with van der Waals surface area (Å²) in [7, 11) is 0. The van der Waals surface area contributed by atoms with Crippen molar-refractivity contribution in [3.63, 3.8) is 0 Å². The fraction of sp³-hybridized carbons (Fsp3) is 0.316. The van der Waals surface area contributed by atoms with E-state index < -0.39 is 0 Å². The summed E-state index contributed by atoms with van der Waals surface area (Å²) in [6, 6.07) is 10.4. The van der Waals surface area contributed by atoms with Crippen LogP contribution in [-0.4, -0.2) is 20.6 Å². The average molecular weight is 319 g/mol. The fourth-order valence-corrected chi connectivity index (χ4v) is 3.15. The van der Waals surface area contributed by atoms with Crippen LogP contribution in [0.1, 0.15) is 36.7 Å². The SMILES string of the molecule is CCCCn1nc(C)c2cc(NC3=NCc4cccnc43)ccc21. The van der Waals surface area contributed by atoms with Crippen LogP contribution in [0.2, 0.25) is 0 Å². The van der Waals surface area contributed by atoms with Gasteiger partial charge in [-0.3, -0.25) is 14.7 Å². The number of unbranched alkanes of at least 4 members (excludes halogenated alkanes) is 1. The van der Waals surface area contributed by atoms with Crippen molar-refractivity contribution < 1.29 is 0 Å². The summed E-state index contributed by atoms with van der Waals surface area (Å²) in [4.78, 5) is 9.01. The zero-order valence-corrected chi connectivity index (χ0v) is 14.1. The number of aromatic nitrogens is 3. The lowest BCUT2D eigenvalue weighted by atomic mass is 10.2. The van der Waals surface area contributed by atoms with Crippen LogP contribution in [0.3, 0.4) is 0 Å². The molecule has 0 unspecified atom stereocenters. The van der Waals surface area contributed by atoms with Gasteiger partial charge in [-0.15, -0.1) is 0 Å². The number of nitrogens with one attached hydrogen (secondary N) is 1. The van der Waals surface area contributed by atoms with Gasteiger partial charge in [-0.1, -0.05) is 19.4 Å². The third kappa shape index (κ3) is 2.56. The number of aryl methyl sites for hydroxylation is 2. The maximum absolute atomic E-state index is 4.68. The van der Waals surface area contributed by atoms with E-state index in [-0.39, 0.29) is 0 Å². The summed E-state index contributed by atoms with van der Waals surface area (Å²) < 4.78 is 2.11. The lowest BCUT2D eigenvalue weighted by Crippen LogP contribution is -2.13. The highest BCUT2D eigenvalue weighted by Crippen LogP contribution is 2.24. The highest BCUT2D eigenvalue weighted by molar-refractivity contribution is 6.09. The van der Waals surface area contributed by atoms with Crippen LogP contribution < -0.4 is 5.32 Å². The van der Waals surface area contributed by atoms with Crippen molar-refractivity contribution in [2.24, 2.45) is 4.99 Å². The Morgan fingerprint density at radius 2 is 2.17 bits per heavy atom. The van der Waals surface area contributed by atoms with Gasteiger partial charge in [-0.2, -0.15) is 5.10 Å². The largest absolute Gasteiger partial charge is 0.339 e. The normalized spacial score (nSPS) is 13.2. The Kier molecular flexibility index (Phi) is 3.76. The number of anilines is 1. The predicted molar refractivity (Wildman–Crippen MR) is 97.5 cm³/mol. The van der Waals surface area contributed by atoms with E-state index >= 15 is 0 Å². The minimum Gasteiger partial charge on any atom is -0.339 e. The van der Waals surface area contributed by atoms with Crippen LogP contribution in [0, 0.1) is 6.92 Å². The summed E-state index contributed by atoms with van der Waals surface area (Å²) in [5.74, 6) is 0.848. The Labute approximate surface area is 141 Å². The first-order chi connectivity index (χ1) is 11.8. The molecule has 0 saturated heterocycles. The third-order valence-corrected chi connectivity index (χ3v) is 4.44. The molecule has 5 heteroatoms. The Hall–Kier alpha value is -2.69. The van der Waals surface area contributed by atoms with Gasteiger partial charge in [0.1, 0.15) is 5.69 Å². The van der Waals surface area contributed by atoms with Crippen LogP contribution in [-0.2, 0) is 13.1 Å². The molecule has 2 aromatic heterocycles. The highest BCUT2D eigenvalue weighted by Gasteiger charge is 2.17. The topological polar surface area (TPSA) is 55.1 Å². The van der Waals surface area contributed by atoms with Gasteiger partial charge in [0.25, 0.3) is 0 Å². The second kappa shape index (κ2) is 6.07. The standard InChI is InChI=1S/C19H21N5/c1-3-4-10-24-17-8-7-15(11-16(17)13(2)23-24)22-19-18-14(12-21-19)6-5-9-20-18/h5-9,11H,3-4,10,12H2,1-2H3,(H,21,22). The van der Waals surface area contributed by atoms with Gasteiger partial charge in [-0.25, -0.2) is 0 Å². The number of amidine groups is 1. The van der Waals surface area contributed by atoms with Gasteiger partial charge in [-0.05, 0) is 37.6 Å². The molecule has 0 aliphatic carbocycles. The molecule has 0 saturated carbocycles. The van der Waals surface area contributed by atoms with Crippen LogP contribution in [0.5, 0.6) is 0 Å². The van der Waals surface area contributed by atoms with Crippen LogP contribution in [0.25, 0.3) is 10.9 Å². The summed E-state index contributed by atoms with van der Waals surface area (Å²) in [5.41, 5.74) is 5.41. The molecule has 1 N–H and O–H groups in total. The second-order valence-corrected chi connectivity index (χ2v) is 6.20. The van der Waals surface area contributed by atoms with Crippen molar-refractivity contribution in [1.82, 2.24) is 14.8 Å². The minimum absolute atomic E-state index is 0.696. The van der Waals surface area contributed by atoms with E-state index in [9.17, 15) is 0 Å². The van der Waals surface area contributed by atoms with Gasteiger partial charge < -0.3 is 5.32 Å². The second-order valence-electron chi connectivity index (χ2n) is 6.20. The summed E-state index contributed by atoms with van der Waals surface area (Å²) in [5, 5.41) is 9.29. The molecule has 0 spiro atoms. The number of nitrogens with zero attached hydrogens (tertiary/aromatic N) is 4. The third-order valence-electron chi connectivity index (χ3n) is 4.44. The zero-order chi connectivity index (χ0) is 16.5. The summed E-state index contributed by atoms with van der Waals surface area (Å²) >= 11 is 0. The van der Waals surface area contributed by atoms with Gasteiger partial charge in [0.15, 0.2) is 5.84 Å². The molecule has 3 aromatic rings. The fourth-order valence-electron chi connectivity index (χ4n) is 3.15. The molecular formula is C19H21N5. The van der Waals surface area contributed by atoms with E-state index in [1.165, 1.54) is 22.9 Å². The van der Waals surface area contributed by atoms with Gasteiger partial charge >= 0.3 is 0 Å². The summed E-state index contributed by atoms with van der Waals surface area (Å²) in [6.07, 6.45) is 4.13. The molecule has 24 heavy (non-hydrogen) atoms. The van der Waals surface area contributed by atoms with E-state index in [2.05, 4.69) is 63.2 Å². The number of fused-ring (bicyclic) bond motifs is 2. The van der Waals surface area contributed by atoms with Crippen LogP contribution in [0.4, 0.5) is 5.69 Å². The Balaban J connectivity index is 1.63. The molecule has 1 aliphatic heterocycles. The first-order valence-corrected chi connectivity index (χ1v) is 8.49. The number of benzene rings is 1. The van der Waals surface area contributed by atoms with Crippen molar-refractivity contribution in [3.05, 3.63) is 53.5 Å². The molecular weight excluding hydrogens is 298 g/mol. The van der Waals surface area contributed by atoms with Crippen molar-refractivity contribution in [2.75, 3.05) is 5.32 Å². The van der Waals surface area contributed by atoms with Crippen LogP contribution >= 0.6 is 0 Å². The molecule has 4 rings (SSSR count). The lowest BCUT2D eigenvalue weighted by Gasteiger charge is -2.08. The van der Waals surface area contributed by atoms with E-state index in [4.69, 9.17) is 0 Å². The molecule has 0 fully saturated rings. The number of pyridine rings is 1. The number of aliphatic imine (C=N–C) groups is 1. The quantitative estimate of drug-likeness (QED) is 0.793. The van der Waals surface area contributed by atoms with Gasteiger partial charge in [0, 0.05) is 29.4 Å².